The zero-order chi connectivity index (χ0) is 19.1. The Hall–Kier alpha value is -2.66. The van der Waals surface area contributed by atoms with Crippen LogP contribution in [-0.4, -0.2) is 24.0 Å². The van der Waals surface area contributed by atoms with Crippen LogP contribution in [0, 0.1) is 0 Å². The topological polar surface area (TPSA) is 67.4 Å². The van der Waals surface area contributed by atoms with E-state index in [0.717, 1.165) is 5.56 Å². The number of rotatable bonds is 7. The Kier molecular flexibility index (Phi) is 6.92. The SMILES string of the molecule is CC(C)OC(=O)c1ccc(NC(=O)C(C)NC(C)c2ccccc2)cc1. The van der Waals surface area contributed by atoms with Crippen LogP contribution in [0.5, 0.6) is 0 Å². The Bertz CT molecular complexity index is 727. The molecule has 2 aromatic carbocycles. The van der Waals surface area contributed by atoms with Crippen LogP contribution in [0.1, 0.15) is 49.7 Å². The average molecular weight is 354 g/mol. The van der Waals surface area contributed by atoms with Crippen LogP contribution in [0.3, 0.4) is 0 Å². The Morgan fingerprint density at radius 2 is 1.50 bits per heavy atom. The number of carbonyl (C=O) groups is 2. The Morgan fingerprint density at radius 3 is 2.08 bits per heavy atom. The van der Waals surface area contributed by atoms with Gasteiger partial charge in [-0.1, -0.05) is 30.3 Å². The molecule has 0 radical (unpaired) electrons. The summed E-state index contributed by atoms with van der Waals surface area (Å²) in [6.07, 6.45) is -0.166. The van der Waals surface area contributed by atoms with Crippen LogP contribution in [0.15, 0.2) is 54.6 Å². The highest BCUT2D eigenvalue weighted by molar-refractivity contribution is 5.95. The van der Waals surface area contributed by atoms with E-state index in [1.165, 1.54) is 0 Å². The van der Waals surface area contributed by atoms with E-state index in [-0.39, 0.29) is 30.1 Å². The lowest BCUT2D eigenvalue weighted by atomic mass is 10.1. The molecule has 2 atom stereocenters. The molecule has 0 aliphatic carbocycles. The number of amides is 1. The molecule has 5 heteroatoms. The van der Waals surface area contributed by atoms with Crippen molar-refractivity contribution in [3.05, 3.63) is 65.7 Å². The first-order chi connectivity index (χ1) is 12.4. The number of hydrogen-bond donors (Lipinski definition) is 2. The fraction of sp³-hybridized carbons (Fsp3) is 0.333. The second-order valence-corrected chi connectivity index (χ2v) is 6.54. The predicted molar refractivity (Wildman–Crippen MR) is 103 cm³/mol. The molecule has 0 fully saturated rings. The molecule has 0 spiro atoms. The van der Waals surface area contributed by atoms with E-state index >= 15 is 0 Å². The molecule has 2 unspecified atom stereocenters. The molecule has 0 aliphatic rings. The van der Waals surface area contributed by atoms with Crippen LogP contribution in [0.2, 0.25) is 0 Å². The number of esters is 1. The molecule has 0 aliphatic heterocycles. The molecule has 0 saturated carbocycles. The van der Waals surface area contributed by atoms with Gasteiger partial charge in [-0.05, 0) is 57.5 Å². The van der Waals surface area contributed by atoms with Gasteiger partial charge in [0.2, 0.25) is 5.91 Å². The molecule has 5 nitrogen and oxygen atoms in total. The van der Waals surface area contributed by atoms with Crippen molar-refractivity contribution >= 4 is 17.6 Å². The van der Waals surface area contributed by atoms with Crippen molar-refractivity contribution < 1.29 is 14.3 Å². The van der Waals surface area contributed by atoms with Crippen molar-refractivity contribution in [3.8, 4) is 0 Å². The standard InChI is InChI=1S/C21H26N2O3/c1-14(2)26-21(25)18-10-12-19(13-11-18)23-20(24)16(4)22-15(3)17-8-6-5-7-9-17/h5-16,22H,1-4H3,(H,23,24). The lowest BCUT2D eigenvalue weighted by Gasteiger charge is -2.20. The minimum atomic E-state index is -0.371. The summed E-state index contributed by atoms with van der Waals surface area (Å²) >= 11 is 0. The summed E-state index contributed by atoms with van der Waals surface area (Å²) < 4.78 is 5.14. The Labute approximate surface area is 154 Å². The van der Waals surface area contributed by atoms with Crippen LogP contribution < -0.4 is 10.6 Å². The molecule has 0 heterocycles. The third-order valence-electron chi connectivity index (χ3n) is 3.92. The summed E-state index contributed by atoms with van der Waals surface area (Å²) in [5.41, 5.74) is 2.22. The van der Waals surface area contributed by atoms with Gasteiger partial charge in [0.15, 0.2) is 0 Å². The third-order valence-corrected chi connectivity index (χ3v) is 3.92. The maximum Gasteiger partial charge on any atom is 0.338 e. The second kappa shape index (κ2) is 9.15. The number of nitrogens with one attached hydrogen (secondary N) is 2. The first-order valence-corrected chi connectivity index (χ1v) is 8.79. The van der Waals surface area contributed by atoms with Gasteiger partial charge in [0, 0.05) is 11.7 Å². The zero-order valence-corrected chi connectivity index (χ0v) is 15.7. The van der Waals surface area contributed by atoms with Gasteiger partial charge >= 0.3 is 5.97 Å². The lowest BCUT2D eigenvalue weighted by Crippen LogP contribution is -2.39. The number of anilines is 1. The van der Waals surface area contributed by atoms with Gasteiger partial charge in [0.25, 0.3) is 0 Å². The van der Waals surface area contributed by atoms with Gasteiger partial charge in [0.05, 0.1) is 17.7 Å². The molecule has 138 valence electrons. The molecule has 0 saturated heterocycles. The summed E-state index contributed by atoms with van der Waals surface area (Å²) in [5, 5.41) is 6.13. The fourth-order valence-corrected chi connectivity index (χ4v) is 2.51. The summed E-state index contributed by atoms with van der Waals surface area (Å²) in [5.74, 6) is -0.505. The molecule has 2 rings (SSSR count). The highest BCUT2D eigenvalue weighted by atomic mass is 16.5. The monoisotopic (exact) mass is 354 g/mol. The van der Waals surface area contributed by atoms with E-state index in [4.69, 9.17) is 4.74 Å². The molecular weight excluding hydrogens is 328 g/mol. The van der Waals surface area contributed by atoms with Gasteiger partial charge in [0.1, 0.15) is 0 Å². The normalized spacial score (nSPS) is 13.1. The van der Waals surface area contributed by atoms with Crippen molar-refractivity contribution in [3.63, 3.8) is 0 Å². The highest BCUT2D eigenvalue weighted by Crippen LogP contribution is 2.14. The third kappa shape index (κ3) is 5.70. The van der Waals surface area contributed by atoms with Crippen molar-refractivity contribution in [2.75, 3.05) is 5.32 Å². The Balaban J connectivity index is 1.91. The van der Waals surface area contributed by atoms with Crippen LogP contribution in [-0.2, 0) is 9.53 Å². The van der Waals surface area contributed by atoms with Gasteiger partial charge in [-0.3, -0.25) is 10.1 Å². The van der Waals surface area contributed by atoms with Gasteiger partial charge in [-0.25, -0.2) is 4.79 Å². The van der Waals surface area contributed by atoms with E-state index in [0.29, 0.717) is 11.3 Å². The number of benzene rings is 2. The summed E-state index contributed by atoms with van der Waals surface area (Å²) in [6.45, 7) is 7.45. The minimum Gasteiger partial charge on any atom is -0.459 e. The molecule has 0 bridgehead atoms. The summed E-state index contributed by atoms with van der Waals surface area (Å²) in [6, 6.07) is 16.3. The van der Waals surface area contributed by atoms with Gasteiger partial charge < -0.3 is 10.1 Å². The first-order valence-electron chi connectivity index (χ1n) is 8.79. The lowest BCUT2D eigenvalue weighted by molar-refractivity contribution is -0.117. The minimum absolute atomic E-state index is 0.0603. The van der Waals surface area contributed by atoms with Gasteiger partial charge in [-0.2, -0.15) is 0 Å². The largest absolute Gasteiger partial charge is 0.459 e. The van der Waals surface area contributed by atoms with Crippen molar-refractivity contribution in [1.29, 1.82) is 0 Å². The molecular formula is C21H26N2O3. The maximum atomic E-state index is 12.4. The molecule has 0 aromatic heterocycles. The smallest absolute Gasteiger partial charge is 0.338 e. The van der Waals surface area contributed by atoms with Gasteiger partial charge in [-0.15, -0.1) is 0 Å². The van der Waals surface area contributed by atoms with E-state index in [9.17, 15) is 9.59 Å². The quantitative estimate of drug-likeness (QED) is 0.739. The fourth-order valence-electron chi connectivity index (χ4n) is 2.51. The van der Waals surface area contributed by atoms with E-state index in [2.05, 4.69) is 10.6 Å². The van der Waals surface area contributed by atoms with Crippen molar-refractivity contribution in [2.24, 2.45) is 0 Å². The van der Waals surface area contributed by atoms with Crippen molar-refractivity contribution in [1.82, 2.24) is 5.32 Å². The van der Waals surface area contributed by atoms with Crippen LogP contribution in [0.25, 0.3) is 0 Å². The van der Waals surface area contributed by atoms with E-state index in [1.54, 1.807) is 38.1 Å². The Morgan fingerprint density at radius 1 is 0.885 bits per heavy atom. The molecule has 26 heavy (non-hydrogen) atoms. The van der Waals surface area contributed by atoms with Crippen LogP contribution in [0.4, 0.5) is 5.69 Å². The number of ether oxygens (including phenoxy) is 1. The second-order valence-electron chi connectivity index (χ2n) is 6.54. The van der Waals surface area contributed by atoms with E-state index < -0.39 is 0 Å². The summed E-state index contributed by atoms with van der Waals surface area (Å²) in [7, 11) is 0. The molecule has 1 amide bonds. The average Bonchev–Trinajstić information content (AvgIpc) is 2.62. The number of hydrogen-bond acceptors (Lipinski definition) is 4. The summed E-state index contributed by atoms with van der Waals surface area (Å²) in [4.78, 5) is 24.2. The predicted octanol–water partition coefficient (Wildman–Crippen LogP) is 3.93. The number of carbonyl (C=O) groups excluding carboxylic acids is 2. The van der Waals surface area contributed by atoms with Crippen LogP contribution >= 0.6 is 0 Å². The molecule has 2 N–H and O–H groups in total. The first kappa shape index (κ1) is 19.7. The highest BCUT2D eigenvalue weighted by Gasteiger charge is 2.16. The zero-order valence-electron chi connectivity index (χ0n) is 15.7. The molecule has 2 aromatic rings. The van der Waals surface area contributed by atoms with E-state index in [1.807, 2.05) is 44.2 Å². The van der Waals surface area contributed by atoms with Crippen molar-refractivity contribution in [2.45, 2.75) is 45.9 Å². The maximum absolute atomic E-state index is 12.4.